The monoisotopic (exact) mass is 429 g/mol. The predicted molar refractivity (Wildman–Crippen MR) is 118 cm³/mol. The molecule has 0 spiro atoms. The first-order valence-corrected chi connectivity index (χ1v) is 10.9. The van der Waals surface area contributed by atoms with E-state index in [1.54, 1.807) is 35.5 Å². The average Bonchev–Trinajstić information content (AvgIpc) is 3.27. The van der Waals surface area contributed by atoms with E-state index >= 15 is 0 Å². The fourth-order valence-corrected chi connectivity index (χ4v) is 4.14. The second kappa shape index (κ2) is 9.86. The van der Waals surface area contributed by atoms with Gasteiger partial charge in [-0.2, -0.15) is 11.3 Å². The van der Waals surface area contributed by atoms with Crippen LogP contribution in [-0.4, -0.2) is 37.9 Å². The molecule has 0 saturated heterocycles. The van der Waals surface area contributed by atoms with Crippen molar-refractivity contribution >= 4 is 40.4 Å². The Kier molecular flexibility index (Phi) is 7.23. The van der Waals surface area contributed by atoms with Crippen molar-refractivity contribution in [3.63, 3.8) is 0 Å². The molecule has 1 atom stereocenters. The minimum absolute atomic E-state index is 0.0520. The van der Waals surface area contributed by atoms with Gasteiger partial charge in [0, 0.05) is 37.5 Å². The summed E-state index contributed by atoms with van der Waals surface area (Å²) in [6.07, 6.45) is 1.48. The molecule has 2 heterocycles. The number of hydrogen-bond acceptors (Lipinski definition) is 5. The standard InChI is InChI=1S/C22H27N3O4S/c1-14(2)22(28)25-9-4-5-15-6-7-17(11-18(15)25)24-21(27)20(26)23-12-19(29-3)16-8-10-30-13-16/h6-8,10-11,13-14,19H,4-5,9,12H2,1-3H3,(H,23,26)(H,24,27)/t19-/m0/s1. The lowest BCUT2D eigenvalue weighted by Crippen LogP contribution is -2.39. The van der Waals surface area contributed by atoms with Crippen molar-refractivity contribution in [2.24, 2.45) is 5.92 Å². The first-order chi connectivity index (χ1) is 14.4. The van der Waals surface area contributed by atoms with Gasteiger partial charge < -0.3 is 20.3 Å². The van der Waals surface area contributed by atoms with Gasteiger partial charge in [-0.15, -0.1) is 0 Å². The van der Waals surface area contributed by atoms with Crippen LogP contribution in [0.1, 0.15) is 37.5 Å². The number of ether oxygens (including phenoxy) is 1. The average molecular weight is 430 g/mol. The van der Waals surface area contributed by atoms with E-state index in [9.17, 15) is 14.4 Å². The van der Waals surface area contributed by atoms with Gasteiger partial charge in [-0.25, -0.2) is 0 Å². The lowest BCUT2D eigenvalue weighted by molar-refractivity contribution is -0.136. The van der Waals surface area contributed by atoms with Crippen LogP contribution in [0, 0.1) is 5.92 Å². The summed E-state index contributed by atoms with van der Waals surface area (Å²) < 4.78 is 5.38. The van der Waals surface area contributed by atoms with Crippen molar-refractivity contribution in [2.75, 3.05) is 30.4 Å². The number of rotatable bonds is 6. The minimum Gasteiger partial charge on any atom is -0.375 e. The molecule has 1 aliphatic heterocycles. The minimum atomic E-state index is -0.757. The molecule has 3 rings (SSSR count). The molecule has 160 valence electrons. The Balaban J connectivity index is 1.64. The van der Waals surface area contributed by atoms with E-state index in [1.807, 2.05) is 36.7 Å². The van der Waals surface area contributed by atoms with Gasteiger partial charge in [0.05, 0.1) is 0 Å². The number of nitrogens with zero attached hydrogens (tertiary/aromatic N) is 1. The van der Waals surface area contributed by atoms with Crippen molar-refractivity contribution < 1.29 is 19.1 Å². The molecule has 0 aliphatic carbocycles. The van der Waals surface area contributed by atoms with Crippen LogP contribution in [0.15, 0.2) is 35.0 Å². The highest BCUT2D eigenvalue weighted by Gasteiger charge is 2.25. The quantitative estimate of drug-likeness (QED) is 0.691. The highest BCUT2D eigenvalue weighted by molar-refractivity contribution is 7.07. The molecular weight excluding hydrogens is 402 g/mol. The zero-order valence-corrected chi connectivity index (χ0v) is 18.3. The molecule has 1 aromatic heterocycles. The van der Waals surface area contributed by atoms with Gasteiger partial charge in [-0.1, -0.05) is 19.9 Å². The number of benzene rings is 1. The van der Waals surface area contributed by atoms with Crippen LogP contribution in [0.25, 0.3) is 0 Å². The summed E-state index contributed by atoms with van der Waals surface area (Å²) in [5.74, 6) is -1.55. The predicted octanol–water partition coefficient (Wildman–Crippen LogP) is 3.13. The fourth-order valence-electron chi connectivity index (χ4n) is 3.44. The highest BCUT2D eigenvalue weighted by Crippen LogP contribution is 2.31. The van der Waals surface area contributed by atoms with Crippen molar-refractivity contribution in [3.8, 4) is 0 Å². The van der Waals surface area contributed by atoms with Crippen molar-refractivity contribution in [2.45, 2.75) is 32.8 Å². The molecular formula is C22H27N3O4S. The lowest BCUT2D eigenvalue weighted by atomic mass is 9.99. The number of methoxy groups -OCH3 is 1. The van der Waals surface area contributed by atoms with E-state index in [-0.39, 0.29) is 24.5 Å². The number of anilines is 2. The summed E-state index contributed by atoms with van der Waals surface area (Å²) in [4.78, 5) is 38.9. The molecule has 7 nitrogen and oxygen atoms in total. The summed E-state index contributed by atoms with van der Waals surface area (Å²) in [6.45, 7) is 4.59. The molecule has 30 heavy (non-hydrogen) atoms. The number of aryl methyl sites for hydroxylation is 1. The van der Waals surface area contributed by atoms with Crippen molar-refractivity contribution in [1.82, 2.24) is 5.32 Å². The SMILES string of the molecule is CO[C@@H](CNC(=O)C(=O)Nc1ccc2c(c1)N(C(=O)C(C)C)CCC2)c1ccsc1. The second-order valence-corrected chi connectivity index (χ2v) is 8.32. The zero-order chi connectivity index (χ0) is 21.7. The van der Waals surface area contributed by atoms with E-state index < -0.39 is 11.8 Å². The van der Waals surface area contributed by atoms with Crippen LogP contribution in [0.4, 0.5) is 11.4 Å². The smallest absolute Gasteiger partial charge is 0.313 e. The number of carbonyl (C=O) groups excluding carboxylic acids is 3. The molecule has 8 heteroatoms. The van der Waals surface area contributed by atoms with Crippen LogP contribution >= 0.6 is 11.3 Å². The molecule has 0 radical (unpaired) electrons. The summed E-state index contributed by atoms with van der Waals surface area (Å²) >= 11 is 1.54. The van der Waals surface area contributed by atoms with E-state index in [1.165, 1.54) is 0 Å². The first-order valence-electron chi connectivity index (χ1n) is 9.99. The van der Waals surface area contributed by atoms with Gasteiger partial charge in [-0.05, 0) is 52.9 Å². The summed E-state index contributed by atoms with van der Waals surface area (Å²) in [5, 5.41) is 9.11. The number of fused-ring (bicyclic) bond motifs is 1. The zero-order valence-electron chi connectivity index (χ0n) is 17.4. The maximum absolute atomic E-state index is 12.5. The van der Waals surface area contributed by atoms with Crippen molar-refractivity contribution in [1.29, 1.82) is 0 Å². The Morgan fingerprint density at radius 2 is 2.00 bits per heavy atom. The van der Waals surface area contributed by atoms with E-state index in [4.69, 9.17) is 4.74 Å². The van der Waals surface area contributed by atoms with E-state index in [0.29, 0.717) is 12.2 Å². The maximum Gasteiger partial charge on any atom is 0.313 e. The van der Waals surface area contributed by atoms with Crippen molar-refractivity contribution in [3.05, 3.63) is 46.2 Å². The van der Waals surface area contributed by atoms with E-state index in [2.05, 4.69) is 10.6 Å². The number of amides is 3. The van der Waals surface area contributed by atoms with Crippen LogP contribution in [0.5, 0.6) is 0 Å². The number of nitrogens with one attached hydrogen (secondary N) is 2. The number of thiophene rings is 1. The fraction of sp³-hybridized carbons (Fsp3) is 0.409. The van der Waals surface area contributed by atoms with Crippen LogP contribution in [0.2, 0.25) is 0 Å². The largest absolute Gasteiger partial charge is 0.375 e. The van der Waals surface area contributed by atoms with Crippen LogP contribution in [-0.2, 0) is 25.5 Å². The Morgan fingerprint density at radius 3 is 2.67 bits per heavy atom. The van der Waals surface area contributed by atoms with Crippen LogP contribution < -0.4 is 15.5 Å². The highest BCUT2D eigenvalue weighted by atomic mass is 32.1. The molecule has 0 unspecified atom stereocenters. The summed E-state index contributed by atoms with van der Waals surface area (Å²) in [7, 11) is 1.56. The topological polar surface area (TPSA) is 87.7 Å². The third kappa shape index (κ3) is 5.06. The molecule has 0 fully saturated rings. The van der Waals surface area contributed by atoms with Crippen LogP contribution in [0.3, 0.4) is 0 Å². The molecule has 0 saturated carbocycles. The van der Waals surface area contributed by atoms with E-state index in [0.717, 1.165) is 29.7 Å². The van der Waals surface area contributed by atoms with Gasteiger partial charge in [-0.3, -0.25) is 14.4 Å². The molecule has 1 aliphatic rings. The molecule has 1 aromatic carbocycles. The van der Waals surface area contributed by atoms with Gasteiger partial charge >= 0.3 is 11.8 Å². The third-order valence-corrected chi connectivity index (χ3v) is 5.78. The van der Waals surface area contributed by atoms with Gasteiger partial charge in [0.25, 0.3) is 0 Å². The Labute approximate surface area is 180 Å². The molecule has 2 N–H and O–H groups in total. The first kappa shape index (κ1) is 22.0. The molecule has 2 aromatic rings. The third-order valence-electron chi connectivity index (χ3n) is 5.08. The van der Waals surface area contributed by atoms with Gasteiger partial charge in [0.15, 0.2) is 0 Å². The Bertz CT molecular complexity index is 911. The Hall–Kier alpha value is -2.71. The second-order valence-electron chi connectivity index (χ2n) is 7.54. The molecule has 0 bridgehead atoms. The normalized spacial score (nSPS) is 14.2. The lowest BCUT2D eigenvalue weighted by Gasteiger charge is -2.31. The summed E-state index contributed by atoms with van der Waals surface area (Å²) in [5.41, 5.74) is 3.30. The summed E-state index contributed by atoms with van der Waals surface area (Å²) in [6, 6.07) is 7.35. The maximum atomic E-state index is 12.5. The van der Waals surface area contributed by atoms with Gasteiger partial charge in [0.1, 0.15) is 6.10 Å². The Morgan fingerprint density at radius 1 is 1.20 bits per heavy atom. The molecule has 3 amide bonds. The number of carbonyl (C=O) groups is 3. The van der Waals surface area contributed by atoms with Gasteiger partial charge in [0.2, 0.25) is 5.91 Å². The number of hydrogen-bond donors (Lipinski definition) is 2.